The standard InChI is InChI=1S/C14H16BrFN2O/c1-3-9-7-10(18(2)17-9)8-13(19)11-5-4-6-12(15)14(11)16/h4-7,13,19H,3,8H2,1-2H3. The summed E-state index contributed by atoms with van der Waals surface area (Å²) in [4.78, 5) is 0. The predicted molar refractivity (Wildman–Crippen MR) is 75.3 cm³/mol. The third kappa shape index (κ3) is 3.04. The maximum Gasteiger partial charge on any atom is 0.143 e. The van der Waals surface area contributed by atoms with Gasteiger partial charge in [-0.1, -0.05) is 19.1 Å². The number of rotatable bonds is 4. The van der Waals surface area contributed by atoms with Gasteiger partial charge < -0.3 is 5.11 Å². The zero-order valence-electron chi connectivity index (χ0n) is 10.9. The highest BCUT2D eigenvalue weighted by Gasteiger charge is 2.17. The molecule has 3 nitrogen and oxygen atoms in total. The molecule has 0 aliphatic heterocycles. The molecule has 19 heavy (non-hydrogen) atoms. The van der Waals surface area contributed by atoms with Crippen LogP contribution in [0.5, 0.6) is 0 Å². The van der Waals surface area contributed by atoms with Crippen LogP contribution in [0.15, 0.2) is 28.7 Å². The van der Waals surface area contributed by atoms with Gasteiger partial charge in [0.1, 0.15) is 5.82 Å². The van der Waals surface area contributed by atoms with Crippen LogP contribution in [0, 0.1) is 5.82 Å². The van der Waals surface area contributed by atoms with Crippen molar-refractivity contribution >= 4 is 15.9 Å². The van der Waals surface area contributed by atoms with E-state index in [1.807, 2.05) is 20.0 Å². The fraction of sp³-hybridized carbons (Fsp3) is 0.357. The summed E-state index contributed by atoms with van der Waals surface area (Å²) in [7, 11) is 1.83. The van der Waals surface area contributed by atoms with Crippen molar-refractivity contribution < 1.29 is 9.50 Å². The van der Waals surface area contributed by atoms with E-state index >= 15 is 0 Å². The Morgan fingerprint density at radius 2 is 2.21 bits per heavy atom. The summed E-state index contributed by atoms with van der Waals surface area (Å²) in [6.45, 7) is 2.02. The summed E-state index contributed by atoms with van der Waals surface area (Å²) in [6.07, 6.45) is 0.309. The van der Waals surface area contributed by atoms with Gasteiger partial charge in [0.05, 0.1) is 16.3 Å². The summed E-state index contributed by atoms with van der Waals surface area (Å²) >= 11 is 3.13. The van der Waals surface area contributed by atoms with E-state index < -0.39 is 11.9 Å². The second-order valence-electron chi connectivity index (χ2n) is 4.47. The second kappa shape index (κ2) is 5.84. The van der Waals surface area contributed by atoms with Gasteiger partial charge in [0, 0.05) is 24.7 Å². The molecule has 0 fully saturated rings. The first kappa shape index (κ1) is 14.2. The minimum atomic E-state index is -0.877. The Morgan fingerprint density at radius 1 is 1.47 bits per heavy atom. The Morgan fingerprint density at radius 3 is 2.84 bits per heavy atom. The molecule has 0 amide bonds. The van der Waals surface area contributed by atoms with Crippen LogP contribution in [0.2, 0.25) is 0 Å². The molecule has 1 unspecified atom stereocenters. The van der Waals surface area contributed by atoms with E-state index in [9.17, 15) is 9.50 Å². The van der Waals surface area contributed by atoms with E-state index in [-0.39, 0.29) is 0 Å². The molecule has 2 rings (SSSR count). The number of aliphatic hydroxyl groups excluding tert-OH is 1. The van der Waals surface area contributed by atoms with Gasteiger partial charge in [-0.2, -0.15) is 5.10 Å². The van der Waals surface area contributed by atoms with Gasteiger partial charge in [0.15, 0.2) is 0 Å². The first-order valence-corrected chi connectivity index (χ1v) is 6.96. The average molecular weight is 327 g/mol. The Kier molecular flexibility index (Phi) is 4.37. The first-order valence-electron chi connectivity index (χ1n) is 6.16. The van der Waals surface area contributed by atoms with E-state index in [0.717, 1.165) is 17.8 Å². The molecule has 1 aromatic heterocycles. The number of hydrogen-bond donors (Lipinski definition) is 1. The maximum atomic E-state index is 13.9. The van der Waals surface area contributed by atoms with E-state index in [1.54, 1.807) is 22.9 Å². The largest absolute Gasteiger partial charge is 0.388 e. The number of benzene rings is 1. The molecule has 5 heteroatoms. The van der Waals surface area contributed by atoms with Gasteiger partial charge in [0.25, 0.3) is 0 Å². The number of aromatic nitrogens is 2. The smallest absolute Gasteiger partial charge is 0.143 e. The quantitative estimate of drug-likeness (QED) is 0.937. The molecule has 1 aromatic carbocycles. The van der Waals surface area contributed by atoms with Crippen molar-refractivity contribution in [2.75, 3.05) is 0 Å². The molecule has 0 aliphatic carbocycles. The second-order valence-corrected chi connectivity index (χ2v) is 5.32. The third-order valence-corrected chi connectivity index (χ3v) is 3.74. The van der Waals surface area contributed by atoms with Crippen LogP contribution in [0.1, 0.15) is 30.0 Å². The normalized spacial score (nSPS) is 12.7. The minimum Gasteiger partial charge on any atom is -0.388 e. The topological polar surface area (TPSA) is 38.0 Å². The zero-order valence-corrected chi connectivity index (χ0v) is 12.5. The molecule has 0 bridgehead atoms. The molecular weight excluding hydrogens is 311 g/mol. The van der Waals surface area contributed by atoms with E-state index in [0.29, 0.717) is 16.5 Å². The number of aryl methyl sites for hydroxylation is 2. The molecule has 0 radical (unpaired) electrons. The van der Waals surface area contributed by atoms with Gasteiger partial charge >= 0.3 is 0 Å². The van der Waals surface area contributed by atoms with Crippen LogP contribution in [0.4, 0.5) is 4.39 Å². The van der Waals surface area contributed by atoms with Crippen molar-refractivity contribution in [1.82, 2.24) is 9.78 Å². The van der Waals surface area contributed by atoms with Gasteiger partial charge in [0.2, 0.25) is 0 Å². The molecule has 0 aliphatic rings. The number of halogens is 2. The van der Waals surface area contributed by atoms with Crippen LogP contribution >= 0.6 is 15.9 Å². The number of nitrogens with zero attached hydrogens (tertiary/aromatic N) is 2. The lowest BCUT2D eigenvalue weighted by molar-refractivity contribution is 0.171. The van der Waals surface area contributed by atoms with E-state index in [4.69, 9.17) is 0 Å². The Bertz CT molecular complexity index is 583. The number of aliphatic hydroxyl groups is 1. The van der Waals surface area contributed by atoms with Gasteiger partial charge in [-0.15, -0.1) is 0 Å². The van der Waals surface area contributed by atoms with Crippen molar-refractivity contribution in [3.05, 3.63) is 51.5 Å². The summed E-state index contributed by atoms with van der Waals surface area (Å²) in [5.74, 6) is -0.409. The molecule has 2 aromatic rings. The van der Waals surface area contributed by atoms with Crippen LogP contribution in [-0.4, -0.2) is 14.9 Å². The maximum absolute atomic E-state index is 13.9. The van der Waals surface area contributed by atoms with Crippen molar-refractivity contribution in [2.45, 2.75) is 25.9 Å². The van der Waals surface area contributed by atoms with E-state index in [1.165, 1.54) is 0 Å². The van der Waals surface area contributed by atoms with Crippen LogP contribution in [0.25, 0.3) is 0 Å². The minimum absolute atomic E-state index is 0.300. The fourth-order valence-corrected chi connectivity index (χ4v) is 2.40. The van der Waals surface area contributed by atoms with Crippen molar-refractivity contribution in [1.29, 1.82) is 0 Å². The summed E-state index contributed by atoms with van der Waals surface area (Å²) in [6, 6.07) is 6.87. The molecule has 0 saturated carbocycles. The monoisotopic (exact) mass is 326 g/mol. The van der Waals surface area contributed by atoms with Gasteiger partial charge in [-0.25, -0.2) is 4.39 Å². The predicted octanol–water partition coefficient (Wildman–Crippen LogP) is 3.16. The summed E-state index contributed by atoms with van der Waals surface area (Å²) in [5.41, 5.74) is 2.16. The average Bonchev–Trinajstić information content (AvgIpc) is 2.73. The summed E-state index contributed by atoms with van der Waals surface area (Å²) < 4.78 is 16.0. The Balaban J connectivity index is 2.22. The van der Waals surface area contributed by atoms with E-state index in [2.05, 4.69) is 21.0 Å². The molecule has 1 N–H and O–H groups in total. The number of hydrogen-bond acceptors (Lipinski definition) is 2. The van der Waals surface area contributed by atoms with Crippen LogP contribution in [-0.2, 0) is 19.9 Å². The van der Waals surface area contributed by atoms with Crippen molar-refractivity contribution in [3.8, 4) is 0 Å². The highest BCUT2D eigenvalue weighted by molar-refractivity contribution is 9.10. The third-order valence-electron chi connectivity index (χ3n) is 3.13. The SMILES string of the molecule is CCc1cc(CC(O)c2cccc(Br)c2F)n(C)n1. The molecule has 1 heterocycles. The lowest BCUT2D eigenvalue weighted by Crippen LogP contribution is -2.08. The zero-order chi connectivity index (χ0) is 14.0. The van der Waals surface area contributed by atoms with Gasteiger partial charge in [-0.05, 0) is 34.5 Å². The van der Waals surface area contributed by atoms with Crippen LogP contribution in [0.3, 0.4) is 0 Å². The molecule has 1 atom stereocenters. The van der Waals surface area contributed by atoms with Crippen LogP contribution < -0.4 is 0 Å². The Labute approximate surface area is 120 Å². The fourth-order valence-electron chi connectivity index (χ4n) is 2.02. The lowest BCUT2D eigenvalue weighted by atomic mass is 10.0. The highest BCUT2D eigenvalue weighted by Crippen LogP contribution is 2.26. The Hall–Kier alpha value is -1.20. The lowest BCUT2D eigenvalue weighted by Gasteiger charge is -2.12. The molecular formula is C14H16BrFN2O. The summed E-state index contributed by atoms with van der Waals surface area (Å²) in [5, 5.41) is 14.5. The molecule has 0 spiro atoms. The molecule has 0 saturated heterocycles. The van der Waals surface area contributed by atoms with Crippen molar-refractivity contribution in [3.63, 3.8) is 0 Å². The van der Waals surface area contributed by atoms with Crippen molar-refractivity contribution in [2.24, 2.45) is 7.05 Å². The van der Waals surface area contributed by atoms with Gasteiger partial charge in [-0.3, -0.25) is 4.68 Å². The molecule has 102 valence electrons. The highest BCUT2D eigenvalue weighted by atomic mass is 79.9. The first-order chi connectivity index (χ1) is 9.02.